The molecule has 0 fully saturated rings. The van der Waals surface area contributed by atoms with Gasteiger partial charge in [0.05, 0.1) is 6.42 Å². The number of rotatable bonds is 3. The minimum atomic E-state index is -0.913. The van der Waals surface area contributed by atoms with Crippen LogP contribution >= 0.6 is 0 Å². The molecule has 0 radical (unpaired) electrons. The molecule has 1 N–H and O–H groups in total. The molecule has 0 saturated heterocycles. The van der Waals surface area contributed by atoms with Crippen LogP contribution in [0.15, 0.2) is 4.79 Å². The summed E-state index contributed by atoms with van der Waals surface area (Å²) in [6, 6.07) is 0. The maximum atomic E-state index is 11.9. The Morgan fingerprint density at radius 3 is 2.33 bits per heavy atom. The maximum Gasteiger partial charge on any atom is 0.347 e. The zero-order valence-corrected chi connectivity index (χ0v) is 11.6. The average molecular weight is 252 g/mol. The number of aryl methyl sites for hydroxylation is 1. The fourth-order valence-electron chi connectivity index (χ4n) is 1.91. The van der Waals surface area contributed by atoms with Crippen LogP contribution in [0.1, 0.15) is 37.7 Å². The van der Waals surface area contributed by atoms with E-state index in [1.165, 1.54) is 0 Å². The molecule has 0 aliphatic carbocycles. The van der Waals surface area contributed by atoms with Gasteiger partial charge in [0.25, 0.3) is 0 Å². The van der Waals surface area contributed by atoms with E-state index in [0.717, 1.165) is 0 Å². The molecule has 0 aliphatic heterocycles. The van der Waals surface area contributed by atoms with Crippen molar-refractivity contribution in [2.24, 2.45) is 5.41 Å². The van der Waals surface area contributed by atoms with E-state index in [1.54, 1.807) is 18.4 Å². The summed E-state index contributed by atoms with van der Waals surface area (Å²) in [4.78, 5) is 26.6. The zero-order valence-electron chi connectivity index (χ0n) is 11.6. The fourth-order valence-corrected chi connectivity index (χ4v) is 1.91. The van der Waals surface area contributed by atoms with E-state index in [0.29, 0.717) is 23.5 Å². The first-order chi connectivity index (χ1) is 8.11. The summed E-state index contributed by atoms with van der Waals surface area (Å²) < 4.78 is 1.56. The van der Waals surface area contributed by atoms with Gasteiger partial charge in [0, 0.05) is 23.5 Å². The highest BCUT2D eigenvalue weighted by molar-refractivity contribution is 5.70. The van der Waals surface area contributed by atoms with E-state index in [1.807, 2.05) is 20.8 Å². The summed E-state index contributed by atoms with van der Waals surface area (Å²) in [5.41, 5.74) is 1.46. The van der Waals surface area contributed by atoms with Gasteiger partial charge in [-0.15, -0.1) is 0 Å². The lowest BCUT2D eigenvalue weighted by Crippen LogP contribution is -2.32. The second-order valence-electron chi connectivity index (χ2n) is 5.76. The number of aromatic nitrogens is 2. The normalized spacial score (nSPS) is 11.6. The van der Waals surface area contributed by atoms with Crippen molar-refractivity contribution in [3.05, 3.63) is 27.4 Å². The Hall–Kier alpha value is -1.65. The average Bonchev–Trinajstić information content (AvgIpc) is 2.17. The highest BCUT2D eigenvalue weighted by atomic mass is 16.4. The molecule has 0 unspecified atom stereocenters. The monoisotopic (exact) mass is 252 g/mol. The predicted molar refractivity (Wildman–Crippen MR) is 68.8 cm³/mol. The highest BCUT2D eigenvalue weighted by Gasteiger charge is 2.18. The van der Waals surface area contributed by atoms with E-state index in [9.17, 15) is 9.59 Å². The van der Waals surface area contributed by atoms with Crippen molar-refractivity contribution in [2.75, 3.05) is 0 Å². The van der Waals surface area contributed by atoms with E-state index in [2.05, 4.69) is 4.98 Å². The Balaban J connectivity index is 3.35. The van der Waals surface area contributed by atoms with Gasteiger partial charge in [0.15, 0.2) is 0 Å². The Morgan fingerprint density at radius 1 is 1.33 bits per heavy atom. The van der Waals surface area contributed by atoms with Gasteiger partial charge in [-0.25, -0.2) is 4.79 Å². The number of carboxylic acids is 1. The summed E-state index contributed by atoms with van der Waals surface area (Å²) >= 11 is 0. The Bertz CT molecular complexity index is 524. The van der Waals surface area contributed by atoms with Crippen LogP contribution < -0.4 is 5.69 Å². The van der Waals surface area contributed by atoms with E-state index in [-0.39, 0.29) is 17.5 Å². The van der Waals surface area contributed by atoms with Crippen LogP contribution in [0.5, 0.6) is 0 Å². The fraction of sp³-hybridized carbons (Fsp3) is 0.615. The van der Waals surface area contributed by atoms with Crippen LogP contribution in [0.25, 0.3) is 0 Å². The number of nitrogens with zero attached hydrogens (tertiary/aromatic N) is 2. The van der Waals surface area contributed by atoms with Crippen molar-refractivity contribution in [1.82, 2.24) is 9.55 Å². The quantitative estimate of drug-likeness (QED) is 0.885. The largest absolute Gasteiger partial charge is 0.481 e. The van der Waals surface area contributed by atoms with Crippen molar-refractivity contribution in [3.63, 3.8) is 0 Å². The van der Waals surface area contributed by atoms with Gasteiger partial charge in [-0.1, -0.05) is 20.8 Å². The van der Waals surface area contributed by atoms with Crippen molar-refractivity contribution >= 4 is 5.97 Å². The molecule has 1 heterocycles. The minimum absolute atomic E-state index is 0.0635. The van der Waals surface area contributed by atoms with E-state index in [4.69, 9.17) is 5.11 Å². The highest BCUT2D eigenvalue weighted by Crippen LogP contribution is 2.18. The second-order valence-corrected chi connectivity index (χ2v) is 5.76. The lowest BCUT2D eigenvalue weighted by Gasteiger charge is -2.22. The number of hydrogen-bond donors (Lipinski definition) is 1. The first-order valence-corrected chi connectivity index (χ1v) is 5.90. The molecule has 0 bridgehead atoms. The van der Waals surface area contributed by atoms with Gasteiger partial charge in [-0.3, -0.25) is 9.36 Å². The molecule has 0 saturated carbocycles. The second kappa shape index (κ2) is 4.92. The first kappa shape index (κ1) is 14.4. The minimum Gasteiger partial charge on any atom is -0.481 e. The molecule has 0 atom stereocenters. The summed E-state index contributed by atoms with van der Waals surface area (Å²) in [6.07, 6.45) is -0.102. The molecule has 1 aromatic rings. The molecule has 0 spiro atoms. The van der Waals surface area contributed by atoms with Gasteiger partial charge in [0.1, 0.15) is 0 Å². The lowest BCUT2D eigenvalue weighted by atomic mass is 9.96. The van der Waals surface area contributed by atoms with Crippen LogP contribution in [0.2, 0.25) is 0 Å². The molecule has 0 aliphatic rings. The molecule has 0 amide bonds. The number of hydrogen-bond acceptors (Lipinski definition) is 3. The molecule has 5 nitrogen and oxygen atoms in total. The third kappa shape index (κ3) is 3.42. The third-order valence-electron chi connectivity index (χ3n) is 2.73. The van der Waals surface area contributed by atoms with Crippen molar-refractivity contribution in [2.45, 2.75) is 47.6 Å². The lowest BCUT2D eigenvalue weighted by molar-refractivity contribution is -0.136. The first-order valence-electron chi connectivity index (χ1n) is 5.90. The Kier molecular flexibility index (Phi) is 3.94. The number of carbonyl (C=O) groups is 1. The number of aliphatic carboxylic acids is 1. The van der Waals surface area contributed by atoms with Crippen LogP contribution in [-0.4, -0.2) is 20.6 Å². The summed E-state index contributed by atoms with van der Waals surface area (Å²) in [7, 11) is 0. The van der Waals surface area contributed by atoms with Crippen LogP contribution in [0.4, 0.5) is 0 Å². The summed E-state index contributed by atoms with van der Waals surface area (Å²) in [6.45, 7) is 10.0. The standard InChI is InChI=1S/C13H20N2O3/c1-8-10(6-11(16)17)9(2)15(12(18)14-8)7-13(3,4)5/h6-7H2,1-5H3,(H,16,17). The molecular weight excluding hydrogens is 232 g/mol. The van der Waals surface area contributed by atoms with Gasteiger partial charge in [0.2, 0.25) is 0 Å². The van der Waals surface area contributed by atoms with E-state index < -0.39 is 5.97 Å². The van der Waals surface area contributed by atoms with Gasteiger partial charge in [-0.2, -0.15) is 4.98 Å². The van der Waals surface area contributed by atoms with Crippen molar-refractivity contribution in [3.8, 4) is 0 Å². The smallest absolute Gasteiger partial charge is 0.347 e. The summed E-state index contributed by atoms with van der Waals surface area (Å²) in [5, 5.41) is 8.89. The molecule has 1 aromatic heterocycles. The topological polar surface area (TPSA) is 72.2 Å². The third-order valence-corrected chi connectivity index (χ3v) is 2.73. The zero-order chi connectivity index (χ0) is 14.1. The van der Waals surface area contributed by atoms with Crippen LogP contribution in [0.3, 0.4) is 0 Å². The number of carboxylic acid groups (broad SMARTS) is 1. The van der Waals surface area contributed by atoms with Crippen molar-refractivity contribution < 1.29 is 9.90 Å². The van der Waals surface area contributed by atoms with Crippen LogP contribution in [0, 0.1) is 19.3 Å². The molecule has 18 heavy (non-hydrogen) atoms. The molecule has 0 aromatic carbocycles. The Labute approximate surface area is 106 Å². The molecule has 5 heteroatoms. The van der Waals surface area contributed by atoms with Crippen LogP contribution in [-0.2, 0) is 17.8 Å². The van der Waals surface area contributed by atoms with Gasteiger partial charge < -0.3 is 5.11 Å². The van der Waals surface area contributed by atoms with Gasteiger partial charge >= 0.3 is 11.7 Å². The summed E-state index contributed by atoms with van der Waals surface area (Å²) in [5.74, 6) is -0.913. The van der Waals surface area contributed by atoms with Gasteiger partial charge in [-0.05, 0) is 19.3 Å². The maximum absolute atomic E-state index is 11.9. The Morgan fingerprint density at radius 2 is 1.89 bits per heavy atom. The molecule has 100 valence electrons. The van der Waals surface area contributed by atoms with Crippen molar-refractivity contribution in [1.29, 1.82) is 0 Å². The molecule has 1 rings (SSSR count). The molecular formula is C13H20N2O3. The predicted octanol–water partition coefficient (Wildman–Crippen LogP) is 1.53. The van der Waals surface area contributed by atoms with E-state index >= 15 is 0 Å². The SMILES string of the molecule is Cc1nc(=O)n(CC(C)(C)C)c(C)c1CC(=O)O.